The highest BCUT2D eigenvalue weighted by atomic mass is 14.9. The Kier molecular flexibility index (Phi) is 10.7. The van der Waals surface area contributed by atoms with Crippen LogP contribution in [0.25, 0.3) is 133 Å². The molecule has 0 atom stereocenters. The molecule has 350 valence electrons. The third kappa shape index (κ3) is 7.81. The van der Waals surface area contributed by atoms with Crippen molar-refractivity contribution in [2.24, 2.45) is 0 Å². The van der Waals surface area contributed by atoms with Gasteiger partial charge >= 0.3 is 0 Å². The van der Waals surface area contributed by atoms with Crippen molar-refractivity contribution >= 4 is 65.1 Å². The Morgan fingerprint density at radius 3 is 1.47 bits per heavy atom. The summed E-state index contributed by atoms with van der Waals surface area (Å²) in [6.07, 6.45) is 7.66. The fourth-order valence-electron chi connectivity index (χ4n) is 11.4. The molecule has 0 unspecified atom stereocenters. The second-order valence-corrected chi connectivity index (χ2v) is 19.5. The highest BCUT2D eigenvalue weighted by molar-refractivity contribution is 6.26. The van der Waals surface area contributed by atoms with Gasteiger partial charge in [0.25, 0.3) is 0 Å². The molecule has 0 N–H and O–H groups in total. The van der Waals surface area contributed by atoms with E-state index in [4.69, 9.17) is 21.5 Å². The van der Waals surface area contributed by atoms with E-state index < -0.39 is 0 Å². The van der Waals surface area contributed by atoms with Crippen LogP contribution in [0.4, 0.5) is 0 Å². The predicted octanol–water partition coefficient (Wildman–Crippen LogP) is 18.8. The van der Waals surface area contributed by atoms with Crippen molar-refractivity contribution in [2.75, 3.05) is 0 Å². The molecule has 11 aromatic carbocycles. The van der Waals surface area contributed by atoms with Crippen LogP contribution in [0.15, 0.2) is 267 Å². The van der Waals surface area contributed by atoms with Gasteiger partial charge in [0.05, 0.1) is 22.6 Å². The van der Waals surface area contributed by atoms with Crippen molar-refractivity contribution in [2.45, 2.75) is 6.42 Å². The molecule has 3 nitrogen and oxygen atoms in total. The zero-order valence-corrected chi connectivity index (χ0v) is 41.1. The molecule has 75 heavy (non-hydrogen) atoms. The molecule has 0 saturated carbocycles. The summed E-state index contributed by atoms with van der Waals surface area (Å²) >= 11 is 0. The van der Waals surface area contributed by atoms with Crippen LogP contribution in [0, 0.1) is 0 Å². The minimum absolute atomic E-state index is 0.688. The van der Waals surface area contributed by atoms with Crippen LogP contribution in [0.2, 0.25) is 0 Å². The minimum atomic E-state index is 0.688. The Morgan fingerprint density at radius 1 is 0.307 bits per heavy atom. The number of aromatic nitrogens is 3. The van der Waals surface area contributed by atoms with E-state index in [0.717, 1.165) is 101 Å². The quantitative estimate of drug-likeness (QED) is 0.156. The molecular weight excluding hydrogens is 907 g/mol. The molecule has 0 bridgehead atoms. The highest BCUT2D eigenvalue weighted by Gasteiger charge is 2.20. The van der Waals surface area contributed by atoms with Crippen molar-refractivity contribution in [1.29, 1.82) is 0 Å². The van der Waals surface area contributed by atoms with E-state index in [1.807, 2.05) is 24.3 Å². The summed E-state index contributed by atoms with van der Waals surface area (Å²) in [4.78, 5) is 15.9. The van der Waals surface area contributed by atoms with Crippen LogP contribution < -0.4 is 0 Å². The summed E-state index contributed by atoms with van der Waals surface area (Å²) in [6, 6.07) is 86.9. The maximum Gasteiger partial charge on any atom is 0.160 e. The Labute approximate surface area is 435 Å². The second kappa shape index (κ2) is 18.3. The number of rotatable bonds is 6. The SMILES string of the molecule is C=C1/C=C(c2cc(-c3ccc(-c4cc(-c5ccccc5)nc(-c5ccccc5)n4)cc3)nc3c2cc(-c2ccc4c5ccccc5c5ccccc5c4c2)c2ccccc23)\C=C/Cc2ccccc2-c2ccccc21. The summed E-state index contributed by atoms with van der Waals surface area (Å²) in [7, 11) is 0. The average molecular weight is 954 g/mol. The topological polar surface area (TPSA) is 38.7 Å². The van der Waals surface area contributed by atoms with Gasteiger partial charge in [-0.05, 0) is 125 Å². The molecule has 13 aromatic rings. The first-order valence-corrected chi connectivity index (χ1v) is 25.7. The molecule has 0 amide bonds. The van der Waals surface area contributed by atoms with E-state index in [9.17, 15) is 0 Å². The van der Waals surface area contributed by atoms with E-state index >= 15 is 0 Å². The van der Waals surface area contributed by atoms with E-state index in [1.165, 1.54) is 49.0 Å². The number of nitrogens with zero attached hydrogens (tertiary/aromatic N) is 3. The summed E-state index contributed by atoms with van der Waals surface area (Å²) in [5, 5.41) is 10.9. The van der Waals surface area contributed by atoms with E-state index in [2.05, 4.69) is 237 Å². The lowest BCUT2D eigenvalue weighted by Gasteiger charge is -2.19. The van der Waals surface area contributed by atoms with Crippen molar-refractivity contribution in [3.05, 3.63) is 284 Å². The smallest absolute Gasteiger partial charge is 0.160 e. The number of fused-ring (bicyclic) bond motifs is 12. The zero-order chi connectivity index (χ0) is 49.8. The van der Waals surface area contributed by atoms with E-state index in [1.54, 1.807) is 0 Å². The first-order chi connectivity index (χ1) is 37.1. The molecule has 2 heterocycles. The molecule has 0 saturated heterocycles. The van der Waals surface area contributed by atoms with Crippen LogP contribution in [0.5, 0.6) is 0 Å². The van der Waals surface area contributed by atoms with Gasteiger partial charge in [0, 0.05) is 33.0 Å². The van der Waals surface area contributed by atoms with Gasteiger partial charge in [-0.3, -0.25) is 0 Å². The zero-order valence-electron chi connectivity index (χ0n) is 41.1. The van der Waals surface area contributed by atoms with Crippen molar-refractivity contribution in [3.63, 3.8) is 0 Å². The van der Waals surface area contributed by atoms with Gasteiger partial charge in [0.2, 0.25) is 0 Å². The Bertz CT molecular complexity index is 4400. The predicted molar refractivity (Wildman–Crippen MR) is 316 cm³/mol. The standard InChI is InChI=1S/C72H47N3/c1-46-41-52(25-18-24-47-19-8-9-27-55(47)56-28-11-10-26-54(46)56)65-44-68(49-35-37-50(38-36-49)70-45-69(48-20-4-2-5-21-48)74-72(75-70)51-22-6-3-7-23-51)73-71-63-34-17-16-33-61(63)64(43-67(65)71)53-39-40-62-59-31-13-12-29-57(59)58-30-14-15-32-60(58)66(62)42-53/h2-23,25-45H,1,24H2/b25-18-,52-41+. The van der Waals surface area contributed by atoms with Crippen LogP contribution >= 0.6 is 0 Å². The number of pyridine rings is 1. The number of hydrogen-bond acceptors (Lipinski definition) is 3. The maximum absolute atomic E-state index is 5.66. The summed E-state index contributed by atoms with van der Waals surface area (Å²) in [5.41, 5.74) is 17.8. The summed E-state index contributed by atoms with van der Waals surface area (Å²) < 4.78 is 0. The van der Waals surface area contributed by atoms with Gasteiger partial charge in [0.1, 0.15) is 0 Å². The monoisotopic (exact) mass is 953 g/mol. The minimum Gasteiger partial charge on any atom is -0.247 e. The van der Waals surface area contributed by atoms with Crippen LogP contribution in [0.3, 0.4) is 0 Å². The van der Waals surface area contributed by atoms with Gasteiger partial charge in [-0.1, -0.05) is 237 Å². The summed E-state index contributed by atoms with van der Waals surface area (Å²) in [5.74, 6) is 0.688. The Hall–Kier alpha value is -9.83. The van der Waals surface area contributed by atoms with Gasteiger partial charge in [0.15, 0.2) is 5.82 Å². The fraction of sp³-hybridized carbons (Fsp3) is 0.0139. The molecule has 0 aliphatic heterocycles. The van der Waals surface area contributed by atoms with Crippen LogP contribution in [0.1, 0.15) is 16.7 Å². The first-order valence-electron chi connectivity index (χ1n) is 25.7. The lowest BCUT2D eigenvalue weighted by Crippen LogP contribution is -1.98. The third-order valence-corrected chi connectivity index (χ3v) is 15.0. The number of benzene rings is 11. The Morgan fingerprint density at radius 2 is 0.800 bits per heavy atom. The lowest BCUT2D eigenvalue weighted by atomic mass is 9.86. The Balaban J connectivity index is 0.980. The number of allylic oxidation sites excluding steroid dienone is 5. The molecule has 1 aliphatic carbocycles. The highest BCUT2D eigenvalue weighted by Crippen LogP contribution is 2.44. The van der Waals surface area contributed by atoms with Crippen molar-refractivity contribution in [1.82, 2.24) is 15.0 Å². The maximum atomic E-state index is 5.66. The molecule has 2 aromatic heterocycles. The molecule has 3 heteroatoms. The second-order valence-electron chi connectivity index (χ2n) is 19.5. The van der Waals surface area contributed by atoms with E-state index in [0.29, 0.717) is 5.82 Å². The molecular formula is C72H47N3. The fourth-order valence-corrected chi connectivity index (χ4v) is 11.4. The molecule has 14 rings (SSSR count). The number of hydrogen-bond donors (Lipinski definition) is 0. The molecule has 0 fully saturated rings. The van der Waals surface area contributed by atoms with Crippen molar-refractivity contribution in [3.8, 4) is 67.4 Å². The normalized spacial score (nSPS) is 13.7. The largest absolute Gasteiger partial charge is 0.247 e. The van der Waals surface area contributed by atoms with Crippen LogP contribution in [-0.4, -0.2) is 15.0 Å². The molecule has 0 radical (unpaired) electrons. The van der Waals surface area contributed by atoms with Gasteiger partial charge in [-0.25, -0.2) is 15.0 Å². The van der Waals surface area contributed by atoms with Crippen molar-refractivity contribution < 1.29 is 0 Å². The third-order valence-electron chi connectivity index (χ3n) is 15.0. The van der Waals surface area contributed by atoms with Gasteiger partial charge in [-0.2, -0.15) is 0 Å². The van der Waals surface area contributed by atoms with Crippen LogP contribution in [-0.2, 0) is 6.42 Å². The molecule has 0 spiro atoms. The summed E-state index contributed by atoms with van der Waals surface area (Å²) in [6.45, 7) is 4.78. The van der Waals surface area contributed by atoms with E-state index in [-0.39, 0.29) is 0 Å². The van der Waals surface area contributed by atoms with Gasteiger partial charge < -0.3 is 0 Å². The lowest BCUT2D eigenvalue weighted by molar-refractivity contribution is 1.18. The molecule has 1 aliphatic rings. The van der Waals surface area contributed by atoms with Gasteiger partial charge in [-0.15, -0.1) is 0 Å². The average Bonchev–Trinajstić information content (AvgIpc) is 3.48. The first kappa shape index (κ1) is 43.9.